The van der Waals surface area contributed by atoms with Crippen LogP contribution in [-0.2, 0) is 0 Å². The van der Waals surface area contributed by atoms with Gasteiger partial charge in [-0.25, -0.2) is 4.68 Å². The van der Waals surface area contributed by atoms with E-state index in [1.807, 2.05) is 42.5 Å². The van der Waals surface area contributed by atoms with Crippen molar-refractivity contribution in [3.05, 3.63) is 60.7 Å². The van der Waals surface area contributed by atoms with Crippen LogP contribution in [0.4, 0.5) is 5.69 Å². The summed E-state index contributed by atoms with van der Waals surface area (Å²) in [5.41, 5.74) is 8.36. The minimum atomic E-state index is 0.0368. The lowest BCUT2D eigenvalue weighted by Gasteiger charge is -2.11. The predicted molar refractivity (Wildman–Crippen MR) is 97.6 cm³/mol. The van der Waals surface area contributed by atoms with E-state index in [1.165, 1.54) is 6.07 Å². The largest absolute Gasteiger partial charge is 0.506 e. The van der Waals surface area contributed by atoms with E-state index in [4.69, 9.17) is 5.73 Å². The Labute approximate surface area is 143 Å². The van der Waals surface area contributed by atoms with E-state index in [0.29, 0.717) is 16.4 Å². The fourth-order valence-corrected chi connectivity index (χ4v) is 3.08. The molecular weight excluding hydrogens is 320 g/mol. The lowest BCUT2D eigenvalue weighted by atomic mass is 10.0. The summed E-state index contributed by atoms with van der Waals surface area (Å²) >= 11 is 4.46. The van der Waals surface area contributed by atoms with Gasteiger partial charge in [0.15, 0.2) is 0 Å². The number of aromatic hydroxyl groups is 1. The maximum atomic E-state index is 10.2. The number of phenolic OH excluding ortho intramolecular Hbond substituents is 1. The van der Waals surface area contributed by atoms with Crippen LogP contribution in [0.3, 0.4) is 0 Å². The molecule has 5 nitrogen and oxygen atoms in total. The number of fused-ring (bicyclic) bond motifs is 1. The highest BCUT2D eigenvalue weighted by atomic mass is 32.1. The van der Waals surface area contributed by atoms with Crippen molar-refractivity contribution < 1.29 is 5.11 Å². The molecular formula is C18H14N4OS. The molecule has 24 heavy (non-hydrogen) atoms. The van der Waals surface area contributed by atoms with Crippen molar-refractivity contribution in [1.82, 2.24) is 15.0 Å². The number of nitrogens with two attached hydrogens (primary N) is 1. The number of phenols is 1. The van der Waals surface area contributed by atoms with E-state index in [2.05, 4.69) is 22.9 Å². The van der Waals surface area contributed by atoms with Crippen LogP contribution in [0.1, 0.15) is 0 Å². The van der Waals surface area contributed by atoms with Crippen LogP contribution in [0.25, 0.3) is 27.7 Å². The first-order valence-corrected chi connectivity index (χ1v) is 7.81. The maximum Gasteiger partial charge on any atom is 0.144 e. The number of hydrogen-bond acceptors (Lipinski definition) is 5. The fourth-order valence-electron chi connectivity index (χ4n) is 2.83. The lowest BCUT2D eigenvalue weighted by Crippen LogP contribution is -2.01. The zero-order valence-electron chi connectivity index (χ0n) is 12.6. The molecule has 0 amide bonds. The molecule has 0 aliphatic rings. The van der Waals surface area contributed by atoms with Crippen LogP contribution in [0.15, 0.2) is 65.7 Å². The summed E-state index contributed by atoms with van der Waals surface area (Å²) in [6, 6.07) is 19.0. The molecule has 0 saturated heterocycles. The van der Waals surface area contributed by atoms with Gasteiger partial charge in [-0.1, -0.05) is 47.7 Å². The summed E-state index contributed by atoms with van der Waals surface area (Å²) < 4.78 is 1.58. The van der Waals surface area contributed by atoms with Crippen LogP contribution in [0.2, 0.25) is 0 Å². The number of hydrogen-bond donors (Lipinski definition) is 3. The average molecular weight is 334 g/mol. The average Bonchev–Trinajstić information content (AvgIpc) is 2.95. The van der Waals surface area contributed by atoms with Gasteiger partial charge in [-0.3, -0.25) is 0 Å². The number of nitrogen functional groups attached to an aromatic ring is 1. The van der Waals surface area contributed by atoms with Crippen molar-refractivity contribution in [2.75, 3.05) is 5.73 Å². The smallest absolute Gasteiger partial charge is 0.144 e. The predicted octanol–water partition coefficient (Wildman–Crippen LogP) is 3.66. The molecule has 1 heterocycles. The fraction of sp³-hybridized carbons (Fsp3) is 0. The Hall–Kier alpha value is -2.99. The SMILES string of the molecule is Nc1ccc(-n2nnc(S)c2-c2cccc3ccccc23)c(O)c1. The van der Waals surface area contributed by atoms with Gasteiger partial charge >= 0.3 is 0 Å². The third-order valence-electron chi connectivity index (χ3n) is 3.92. The Bertz CT molecular complexity index is 1050. The van der Waals surface area contributed by atoms with Crippen molar-refractivity contribution in [2.24, 2.45) is 0 Å². The van der Waals surface area contributed by atoms with Crippen LogP contribution < -0.4 is 5.73 Å². The number of benzene rings is 3. The zero-order chi connectivity index (χ0) is 16.7. The summed E-state index contributed by atoms with van der Waals surface area (Å²) in [6.45, 7) is 0. The van der Waals surface area contributed by atoms with Gasteiger partial charge in [0.2, 0.25) is 0 Å². The summed E-state index contributed by atoms with van der Waals surface area (Å²) in [6.07, 6.45) is 0. The molecule has 0 bridgehead atoms. The van der Waals surface area contributed by atoms with Gasteiger partial charge in [0.25, 0.3) is 0 Å². The topological polar surface area (TPSA) is 77.0 Å². The van der Waals surface area contributed by atoms with E-state index >= 15 is 0 Å². The third kappa shape index (κ3) is 2.28. The molecule has 4 rings (SSSR count). The number of nitrogens with zero attached hydrogens (tertiary/aromatic N) is 3. The van der Waals surface area contributed by atoms with Crippen LogP contribution in [-0.4, -0.2) is 20.1 Å². The summed E-state index contributed by atoms with van der Waals surface area (Å²) in [5, 5.41) is 21.1. The van der Waals surface area contributed by atoms with E-state index in [9.17, 15) is 5.11 Å². The van der Waals surface area contributed by atoms with Gasteiger partial charge in [0, 0.05) is 17.3 Å². The van der Waals surface area contributed by atoms with Crippen molar-refractivity contribution in [3.8, 4) is 22.7 Å². The minimum Gasteiger partial charge on any atom is -0.506 e. The first-order chi connectivity index (χ1) is 11.6. The van der Waals surface area contributed by atoms with Crippen LogP contribution in [0, 0.1) is 0 Å². The Morgan fingerprint density at radius 1 is 1.00 bits per heavy atom. The molecule has 118 valence electrons. The molecule has 0 aliphatic carbocycles. The maximum absolute atomic E-state index is 10.2. The Morgan fingerprint density at radius 2 is 1.79 bits per heavy atom. The van der Waals surface area contributed by atoms with Gasteiger partial charge in [-0.2, -0.15) is 0 Å². The van der Waals surface area contributed by atoms with Gasteiger partial charge in [-0.15, -0.1) is 17.7 Å². The van der Waals surface area contributed by atoms with Gasteiger partial charge in [0.05, 0.1) is 0 Å². The zero-order valence-corrected chi connectivity index (χ0v) is 13.5. The number of thiol groups is 1. The first kappa shape index (κ1) is 14.6. The van der Waals surface area contributed by atoms with Crippen molar-refractivity contribution in [3.63, 3.8) is 0 Å². The third-order valence-corrected chi connectivity index (χ3v) is 4.23. The molecule has 3 aromatic carbocycles. The summed E-state index contributed by atoms with van der Waals surface area (Å²) in [7, 11) is 0. The molecule has 0 fully saturated rings. The van der Waals surface area contributed by atoms with E-state index in [1.54, 1.807) is 16.8 Å². The van der Waals surface area contributed by atoms with Gasteiger partial charge < -0.3 is 10.8 Å². The molecule has 6 heteroatoms. The van der Waals surface area contributed by atoms with Gasteiger partial charge in [0.1, 0.15) is 22.2 Å². The standard InChI is InChI=1S/C18H14N4OS/c19-12-8-9-15(16(23)10-12)22-17(18(24)20-21-22)14-7-3-5-11-4-1-2-6-13(11)14/h1-10,23-24H,19H2. The lowest BCUT2D eigenvalue weighted by molar-refractivity contribution is 0.470. The second-order valence-corrected chi connectivity index (χ2v) is 5.87. The van der Waals surface area contributed by atoms with Crippen molar-refractivity contribution in [2.45, 2.75) is 5.03 Å². The molecule has 1 aromatic heterocycles. The molecule has 4 aromatic rings. The molecule has 0 aliphatic heterocycles. The number of aromatic nitrogens is 3. The highest BCUT2D eigenvalue weighted by molar-refractivity contribution is 7.80. The second-order valence-electron chi connectivity index (χ2n) is 5.45. The van der Waals surface area contributed by atoms with Crippen molar-refractivity contribution >= 4 is 29.1 Å². The van der Waals surface area contributed by atoms with E-state index < -0.39 is 0 Å². The normalized spacial score (nSPS) is 11.0. The van der Waals surface area contributed by atoms with E-state index in [0.717, 1.165) is 22.0 Å². The first-order valence-electron chi connectivity index (χ1n) is 7.37. The Balaban J connectivity index is 2.01. The van der Waals surface area contributed by atoms with Crippen LogP contribution in [0.5, 0.6) is 5.75 Å². The van der Waals surface area contributed by atoms with Crippen molar-refractivity contribution in [1.29, 1.82) is 0 Å². The number of rotatable bonds is 2. The Kier molecular flexibility index (Phi) is 3.39. The number of anilines is 1. The molecule has 0 atom stereocenters. The van der Waals surface area contributed by atoms with Crippen LogP contribution >= 0.6 is 12.6 Å². The quantitative estimate of drug-likeness (QED) is 0.386. The molecule has 0 unspecified atom stereocenters. The monoisotopic (exact) mass is 334 g/mol. The second kappa shape index (κ2) is 5.58. The highest BCUT2D eigenvalue weighted by Gasteiger charge is 2.18. The van der Waals surface area contributed by atoms with E-state index in [-0.39, 0.29) is 5.75 Å². The Morgan fingerprint density at radius 3 is 2.62 bits per heavy atom. The molecule has 0 radical (unpaired) electrons. The molecule has 0 spiro atoms. The van der Waals surface area contributed by atoms with Gasteiger partial charge in [-0.05, 0) is 22.9 Å². The molecule has 0 saturated carbocycles. The minimum absolute atomic E-state index is 0.0368. The highest BCUT2D eigenvalue weighted by Crippen LogP contribution is 2.35. The summed E-state index contributed by atoms with van der Waals surface area (Å²) in [4.78, 5) is 0. The summed E-state index contributed by atoms with van der Waals surface area (Å²) in [5.74, 6) is 0.0368. The molecule has 3 N–H and O–H groups in total.